The highest BCUT2D eigenvalue weighted by Gasteiger charge is 2.10. The summed E-state index contributed by atoms with van der Waals surface area (Å²) in [6, 6.07) is 7.95. The molecule has 8 heteroatoms. The number of ether oxygens (including phenoxy) is 1. The summed E-state index contributed by atoms with van der Waals surface area (Å²) in [7, 11) is 3.66. The first-order chi connectivity index (χ1) is 11.1. The highest BCUT2D eigenvalue weighted by atomic mass is 127. The zero-order chi connectivity index (χ0) is 16.7. The largest absolute Gasteiger partial charge is 0.496 e. The van der Waals surface area contributed by atoms with Crippen molar-refractivity contribution in [3.8, 4) is 5.75 Å². The van der Waals surface area contributed by atoms with Crippen LogP contribution in [0.1, 0.15) is 24.2 Å². The van der Waals surface area contributed by atoms with Crippen molar-refractivity contribution >= 4 is 29.9 Å². The number of aromatic nitrogens is 2. The van der Waals surface area contributed by atoms with Gasteiger partial charge in [-0.05, 0) is 13.0 Å². The van der Waals surface area contributed by atoms with E-state index in [1.807, 2.05) is 43.1 Å². The van der Waals surface area contributed by atoms with Gasteiger partial charge in [-0.3, -0.25) is 0 Å². The Bertz CT molecular complexity index is 659. The first-order valence-electron chi connectivity index (χ1n) is 7.54. The fourth-order valence-corrected chi connectivity index (χ4v) is 2.18. The van der Waals surface area contributed by atoms with E-state index in [1.54, 1.807) is 14.0 Å². The number of halogens is 1. The van der Waals surface area contributed by atoms with Crippen molar-refractivity contribution in [2.75, 3.05) is 20.7 Å². The lowest BCUT2D eigenvalue weighted by atomic mass is 10.2. The van der Waals surface area contributed by atoms with Gasteiger partial charge in [-0.15, -0.1) is 24.0 Å². The second kappa shape index (κ2) is 10.1. The Kier molecular flexibility index (Phi) is 8.51. The van der Waals surface area contributed by atoms with E-state index in [1.165, 1.54) is 0 Å². The second-order valence-corrected chi connectivity index (χ2v) is 5.07. The number of benzene rings is 1. The van der Waals surface area contributed by atoms with Crippen LogP contribution in [0.3, 0.4) is 0 Å². The van der Waals surface area contributed by atoms with Crippen LogP contribution in [0.2, 0.25) is 0 Å². The molecule has 7 nitrogen and oxygen atoms in total. The van der Waals surface area contributed by atoms with Crippen LogP contribution in [-0.2, 0) is 13.1 Å². The van der Waals surface area contributed by atoms with Crippen molar-refractivity contribution in [1.82, 2.24) is 20.4 Å². The number of rotatable bonds is 6. The van der Waals surface area contributed by atoms with Crippen LogP contribution in [0.15, 0.2) is 33.8 Å². The van der Waals surface area contributed by atoms with Crippen molar-refractivity contribution in [2.24, 2.45) is 4.99 Å². The Labute approximate surface area is 159 Å². The normalized spacial score (nSPS) is 10.9. The van der Waals surface area contributed by atoms with Crippen molar-refractivity contribution in [2.45, 2.75) is 26.9 Å². The molecular formula is C16H24IN5O2. The number of para-hydroxylation sites is 1. The van der Waals surface area contributed by atoms with E-state index in [4.69, 9.17) is 9.26 Å². The van der Waals surface area contributed by atoms with E-state index >= 15 is 0 Å². The van der Waals surface area contributed by atoms with Crippen molar-refractivity contribution < 1.29 is 9.26 Å². The maximum atomic E-state index is 5.40. The van der Waals surface area contributed by atoms with Gasteiger partial charge in [0.15, 0.2) is 11.8 Å². The molecule has 2 rings (SSSR count). The summed E-state index contributed by atoms with van der Waals surface area (Å²) in [6.45, 7) is 5.63. The number of hydrogen-bond acceptors (Lipinski definition) is 5. The van der Waals surface area contributed by atoms with Gasteiger partial charge in [0.2, 0.25) is 5.89 Å². The van der Waals surface area contributed by atoms with Crippen LogP contribution in [0.4, 0.5) is 0 Å². The molecule has 0 aliphatic rings. The van der Waals surface area contributed by atoms with E-state index in [2.05, 4.69) is 20.4 Å². The number of hydrogen-bond donors (Lipinski definition) is 1. The van der Waals surface area contributed by atoms with E-state index in [0.29, 0.717) is 24.8 Å². The lowest BCUT2D eigenvalue weighted by Gasteiger charge is -2.22. The zero-order valence-corrected chi connectivity index (χ0v) is 16.8. The smallest absolute Gasteiger partial charge is 0.223 e. The van der Waals surface area contributed by atoms with Crippen molar-refractivity contribution in [1.29, 1.82) is 0 Å². The summed E-state index contributed by atoms with van der Waals surface area (Å²) in [4.78, 5) is 10.8. The van der Waals surface area contributed by atoms with Gasteiger partial charge in [-0.1, -0.05) is 23.4 Å². The third-order valence-electron chi connectivity index (χ3n) is 3.24. The van der Waals surface area contributed by atoms with Crippen LogP contribution in [0.25, 0.3) is 0 Å². The van der Waals surface area contributed by atoms with Gasteiger partial charge in [-0.25, -0.2) is 4.99 Å². The average molecular weight is 445 g/mol. The standard InChI is InChI=1S/C16H23N5O2.HI/c1-5-17-16(18-10-15-19-12(2)23-20-15)21(3)11-13-8-6-7-9-14(13)22-4;/h6-9H,5,10-11H2,1-4H3,(H,17,18);1H. The van der Waals surface area contributed by atoms with Gasteiger partial charge in [0, 0.05) is 32.6 Å². The summed E-state index contributed by atoms with van der Waals surface area (Å²) < 4.78 is 10.4. The SMILES string of the molecule is CCNC(=NCc1noc(C)n1)N(C)Cc1ccccc1OC.I. The maximum absolute atomic E-state index is 5.40. The third-order valence-corrected chi connectivity index (χ3v) is 3.24. The number of nitrogens with one attached hydrogen (secondary N) is 1. The van der Waals surface area contributed by atoms with E-state index in [0.717, 1.165) is 23.8 Å². The molecule has 0 amide bonds. The number of nitrogens with zero attached hydrogens (tertiary/aromatic N) is 4. The average Bonchev–Trinajstić information content (AvgIpc) is 2.97. The molecular weight excluding hydrogens is 421 g/mol. The van der Waals surface area contributed by atoms with Crippen LogP contribution in [0, 0.1) is 6.92 Å². The summed E-state index contributed by atoms with van der Waals surface area (Å²) >= 11 is 0. The zero-order valence-electron chi connectivity index (χ0n) is 14.4. The maximum Gasteiger partial charge on any atom is 0.223 e. The Morgan fingerprint density at radius 2 is 2.12 bits per heavy atom. The molecule has 0 spiro atoms. The molecule has 1 aromatic heterocycles. The van der Waals surface area contributed by atoms with Crippen LogP contribution in [-0.4, -0.2) is 41.7 Å². The molecule has 0 bridgehead atoms. The van der Waals surface area contributed by atoms with Crippen molar-refractivity contribution in [3.63, 3.8) is 0 Å². The monoisotopic (exact) mass is 445 g/mol. The van der Waals surface area contributed by atoms with Crippen LogP contribution >= 0.6 is 24.0 Å². The Morgan fingerprint density at radius 3 is 2.75 bits per heavy atom. The predicted molar refractivity (Wildman–Crippen MR) is 104 cm³/mol. The number of guanidine groups is 1. The Morgan fingerprint density at radius 1 is 1.38 bits per heavy atom. The molecule has 0 fully saturated rings. The predicted octanol–water partition coefficient (Wildman–Crippen LogP) is 2.60. The van der Waals surface area contributed by atoms with Crippen molar-refractivity contribution in [3.05, 3.63) is 41.5 Å². The lowest BCUT2D eigenvalue weighted by Crippen LogP contribution is -2.38. The molecule has 1 N–H and O–H groups in total. The minimum atomic E-state index is 0. The molecule has 0 saturated heterocycles. The second-order valence-electron chi connectivity index (χ2n) is 5.07. The van der Waals surface area contributed by atoms with Crippen LogP contribution < -0.4 is 10.1 Å². The van der Waals surface area contributed by atoms with Crippen LogP contribution in [0.5, 0.6) is 5.75 Å². The highest BCUT2D eigenvalue weighted by Crippen LogP contribution is 2.18. The van der Waals surface area contributed by atoms with E-state index in [9.17, 15) is 0 Å². The fourth-order valence-electron chi connectivity index (χ4n) is 2.18. The first kappa shape index (κ1) is 20.2. The summed E-state index contributed by atoms with van der Waals surface area (Å²) in [5.41, 5.74) is 1.10. The molecule has 0 unspecified atom stereocenters. The third kappa shape index (κ3) is 5.66. The molecule has 0 aliphatic carbocycles. The van der Waals surface area contributed by atoms with Gasteiger partial charge in [0.05, 0.1) is 7.11 Å². The molecule has 0 radical (unpaired) electrons. The quantitative estimate of drug-likeness (QED) is 0.419. The van der Waals surface area contributed by atoms with Gasteiger partial charge in [-0.2, -0.15) is 4.98 Å². The number of methoxy groups -OCH3 is 1. The molecule has 0 atom stereocenters. The van der Waals surface area contributed by atoms with E-state index < -0.39 is 0 Å². The fraction of sp³-hybridized carbons (Fsp3) is 0.438. The Hall–Kier alpha value is -1.84. The minimum Gasteiger partial charge on any atom is -0.496 e. The molecule has 132 valence electrons. The molecule has 0 saturated carbocycles. The highest BCUT2D eigenvalue weighted by molar-refractivity contribution is 14.0. The molecule has 24 heavy (non-hydrogen) atoms. The summed E-state index contributed by atoms with van der Waals surface area (Å²) in [5, 5.41) is 7.13. The molecule has 0 aliphatic heterocycles. The van der Waals surface area contributed by atoms with Gasteiger partial charge < -0.3 is 19.5 Å². The van der Waals surface area contributed by atoms with E-state index in [-0.39, 0.29) is 24.0 Å². The summed E-state index contributed by atoms with van der Waals surface area (Å²) in [6.07, 6.45) is 0. The Balaban J connectivity index is 0.00000288. The summed E-state index contributed by atoms with van der Waals surface area (Å²) in [5.74, 6) is 2.76. The molecule has 2 aromatic rings. The van der Waals surface area contributed by atoms with Gasteiger partial charge in [0.25, 0.3) is 0 Å². The lowest BCUT2D eigenvalue weighted by molar-refractivity contribution is 0.387. The van der Waals surface area contributed by atoms with Gasteiger partial charge >= 0.3 is 0 Å². The topological polar surface area (TPSA) is 75.8 Å². The molecule has 1 heterocycles. The number of aliphatic imine (C=N–C) groups is 1. The molecule has 1 aromatic carbocycles. The minimum absolute atomic E-state index is 0. The first-order valence-corrected chi connectivity index (χ1v) is 7.54. The number of aryl methyl sites for hydroxylation is 1. The van der Waals surface area contributed by atoms with Gasteiger partial charge in [0.1, 0.15) is 12.3 Å².